The summed E-state index contributed by atoms with van der Waals surface area (Å²) in [5.41, 5.74) is 1.68. The number of benzene rings is 1. The Morgan fingerprint density at radius 3 is 3.00 bits per heavy atom. The van der Waals surface area contributed by atoms with E-state index in [0.717, 1.165) is 18.7 Å². The number of nitrogens with one attached hydrogen (secondary N) is 2. The number of phenolic OH excluding ortho intramolecular Hbond substituents is 1. The first kappa shape index (κ1) is 9.66. The molecule has 1 aromatic rings. The molecule has 2 atom stereocenters. The third-order valence-corrected chi connectivity index (χ3v) is 3.55. The first-order valence-electron chi connectivity index (χ1n) is 5.57. The third-order valence-electron chi connectivity index (χ3n) is 3.55. The van der Waals surface area contributed by atoms with Crippen molar-refractivity contribution in [3.63, 3.8) is 0 Å². The van der Waals surface area contributed by atoms with Gasteiger partial charge in [-0.1, -0.05) is 6.07 Å². The smallest absolute Gasteiger partial charge is 0.251 e. The minimum atomic E-state index is -0.0692. The molecule has 2 aliphatic heterocycles. The van der Waals surface area contributed by atoms with Gasteiger partial charge in [0.15, 0.2) is 0 Å². The van der Waals surface area contributed by atoms with Gasteiger partial charge in [-0.2, -0.15) is 0 Å². The summed E-state index contributed by atoms with van der Waals surface area (Å²) in [6.45, 7) is 2.58. The lowest BCUT2D eigenvalue weighted by Gasteiger charge is -2.15. The fourth-order valence-electron chi connectivity index (χ4n) is 2.69. The van der Waals surface area contributed by atoms with Gasteiger partial charge < -0.3 is 15.7 Å². The largest absolute Gasteiger partial charge is 0.508 e. The van der Waals surface area contributed by atoms with Crippen LogP contribution in [0.4, 0.5) is 0 Å². The zero-order valence-electron chi connectivity index (χ0n) is 8.86. The molecule has 84 valence electrons. The van der Waals surface area contributed by atoms with Crippen molar-refractivity contribution in [1.82, 2.24) is 10.6 Å². The Kier molecular flexibility index (Phi) is 2.11. The quantitative estimate of drug-likeness (QED) is 0.592. The van der Waals surface area contributed by atoms with E-state index in [1.54, 1.807) is 12.1 Å². The minimum Gasteiger partial charge on any atom is -0.508 e. The molecule has 0 aromatic heterocycles. The number of aromatic hydroxyl groups is 1. The van der Waals surface area contributed by atoms with E-state index in [1.165, 1.54) is 0 Å². The Labute approximate surface area is 93.7 Å². The summed E-state index contributed by atoms with van der Waals surface area (Å²) in [7, 11) is 0. The lowest BCUT2D eigenvalue weighted by molar-refractivity contribution is 0.0952. The van der Waals surface area contributed by atoms with Gasteiger partial charge in [-0.05, 0) is 23.6 Å². The maximum Gasteiger partial charge on any atom is 0.251 e. The highest BCUT2D eigenvalue weighted by atomic mass is 16.3. The van der Waals surface area contributed by atoms with Crippen molar-refractivity contribution in [2.75, 3.05) is 19.6 Å². The number of hydrogen-bond acceptors (Lipinski definition) is 3. The van der Waals surface area contributed by atoms with Crippen molar-refractivity contribution < 1.29 is 9.90 Å². The predicted molar refractivity (Wildman–Crippen MR) is 59.5 cm³/mol. The van der Waals surface area contributed by atoms with E-state index in [1.807, 2.05) is 6.07 Å². The molecule has 0 bridgehead atoms. The SMILES string of the molecule is O=C1NC[C@@H]2CNC[C@H]2c2ccc(O)cc21. The molecule has 1 fully saturated rings. The molecule has 3 rings (SSSR count). The van der Waals surface area contributed by atoms with Crippen molar-refractivity contribution in [2.24, 2.45) is 5.92 Å². The zero-order valence-corrected chi connectivity index (χ0v) is 8.86. The second-order valence-electron chi connectivity index (χ2n) is 4.51. The number of fused-ring (bicyclic) bond motifs is 3. The molecule has 1 saturated heterocycles. The fourth-order valence-corrected chi connectivity index (χ4v) is 2.69. The topological polar surface area (TPSA) is 61.4 Å². The summed E-state index contributed by atoms with van der Waals surface area (Å²) in [4.78, 5) is 11.8. The summed E-state index contributed by atoms with van der Waals surface area (Å²) in [5.74, 6) is 0.933. The Morgan fingerprint density at radius 2 is 2.12 bits per heavy atom. The van der Waals surface area contributed by atoms with Crippen LogP contribution in [0.3, 0.4) is 0 Å². The van der Waals surface area contributed by atoms with Gasteiger partial charge in [0, 0.05) is 31.1 Å². The number of carbonyl (C=O) groups excluding carboxylic acids is 1. The molecule has 0 unspecified atom stereocenters. The summed E-state index contributed by atoms with van der Waals surface area (Å²) in [5, 5.41) is 15.7. The molecule has 2 heterocycles. The first-order chi connectivity index (χ1) is 7.75. The van der Waals surface area contributed by atoms with Crippen molar-refractivity contribution in [2.45, 2.75) is 5.92 Å². The molecule has 1 aromatic carbocycles. The summed E-state index contributed by atoms with van der Waals surface area (Å²) in [6, 6.07) is 5.10. The molecular weight excluding hydrogens is 204 g/mol. The monoisotopic (exact) mass is 218 g/mol. The van der Waals surface area contributed by atoms with Gasteiger partial charge in [0.25, 0.3) is 5.91 Å². The van der Waals surface area contributed by atoms with E-state index in [-0.39, 0.29) is 11.7 Å². The van der Waals surface area contributed by atoms with Crippen molar-refractivity contribution in [3.8, 4) is 5.75 Å². The zero-order chi connectivity index (χ0) is 11.1. The number of amides is 1. The molecule has 16 heavy (non-hydrogen) atoms. The predicted octanol–water partition coefficient (Wildman–Crippen LogP) is 0.439. The summed E-state index contributed by atoms with van der Waals surface area (Å²) >= 11 is 0. The summed E-state index contributed by atoms with van der Waals surface area (Å²) in [6.07, 6.45) is 0. The molecule has 1 amide bonds. The Balaban J connectivity index is 2.12. The molecular formula is C12H14N2O2. The van der Waals surface area contributed by atoms with Crippen LogP contribution in [0.25, 0.3) is 0 Å². The molecule has 4 nitrogen and oxygen atoms in total. The van der Waals surface area contributed by atoms with Crippen LogP contribution in [0.2, 0.25) is 0 Å². The van der Waals surface area contributed by atoms with Gasteiger partial charge in [0.1, 0.15) is 5.75 Å². The highest BCUT2D eigenvalue weighted by molar-refractivity contribution is 5.96. The molecule has 2 aliphatic rings. The minimum absolute atomic E-state index is 0.0692. The van der Waals surface area contributed by atoms with Crippen LogP contribution in [0.5, 0.6) is 5.75 Å². The molecule has 0 saturated carbocycles. The van der Waals surface area contributed by atoms with E-state index < -0.39 is 0 Å². The maximum absolute atomic E-state index is 11.8. The fraction of sp³-hybridized carbons (Fsp3) is 0.417. The molecule has 4 heteroatoms. The average molecular weight is 218 g/mol. The van der Waals surface area contributed by atoms with Gasteiger partial charge in [-0.15, -0.1) is 0 Å². The van der Waals surface area contributed by atoms with E-state index in [4.69, 9.17) is 0 Å². The Bertz CT molecular complexity index is 445. The van der Waals surface area contributed by atoms with Gasteiger partial charge in [0.2, 0.25) is 0 Å². The van der Waals surface area contributed by atoms with Gasteiger partial charge in [0.05, 0.1) is 0 Å². The van der Waals surface area contributed by atoms with Crippen LogP contribution in [0.15, 0.2) is 18.2 Å². The van der Waals surface area contributed by atoms with E-state index in [0.29, 0.717) is 23.9 Å². The number of phenols is 1. The van der Waals surface area contributed by atoms with Crippen LogP contribution in [-0.4, -0.2) is 30.6 Å². The molecule has 0 spiro atoms. The van der Waals surface area contributed by atoms with Crippen LogP contribution in [-0.2, 0) is 0 Å². The molecule has 0 radical (unpaired) electrons. The first-order valence-corrected chi connectivity index (χ1v) is 5.57. The summed E-state index contributed by atoms with van der Waals surface area (Å²) < 4.78 is 0. The number of hydrogen-bond donors (Lipinski definition) is 3. The highest BCUT2D eigenvalue weighted by Crippen LogP contribution is 2.33. The average Bonchev–Trinajstić information content (AvgIpc) is 2.69. The molecule has 3 N–H and O–H groups in total. The van der Waals surface area contributed by atoms with Crippen molar-refractivity contribution in [1.29, 1.82) is 0 Å². The number of rotatable bonds is 0. The van der Waals surface area contributed by atoms with Crippen LogP contribution < -0.4 is 10.6 Å². The standard InChI is InChI=1S/C12H14N2O2/c15-8-1-2-9-10(3-8)12(16)14-5-7-4-13-6-11(7)9/h1-3,7,11,13,15H,4-6H2,(H,14,16)/t7-,11+/m0/s1. The van der Waals surface area contributed by atoms with Gasteiger partial charge in [-0.3, -0.25) is 4.79 Å². The Morgan fingerprint density at radius 1 is 1.25 bits per heavy atom. The van der Waals surface area contributed by atoms with Crippen molar-refractivity contribution >= 4 is 5.91 Å². The Hall–Kier alpha value is -1.55. The van der Waals surface area contributed by atoms with E-state index >= 15 is 0 Å². The van der Waals surface area contributed by atoms with Crippen LogP contribution in [0, 0.1) is 5.92 Å². The third kappa shape index (κ3) is 1.38. The van der Waals surface area contributed by atoms with Gasteiger partial charge >= 0.3 is 0 Å². The van der Waals surface area contributed by atoms with Gasteiger partial charge in [-0.25, -0.2) is 0 Å². The van der Waals surface area contributed by atoms with Crippen molar-refractivity contribution in [3.05, 3.63) is 29.3 Å². The molecule has 0 aliphatic carbocycles. The number of carbonyl (C=O) groups is 1. The highest BCUT2D eigenvalue weighted by Gasteiger charge is 2.34. The van der Waals surface area contributed by atoms with E-state index in [2.05, 4.69) is 10.6 Å². The lowest BCUT2D eigenvalue weighted by Crippen LogP contribution is -2.28. The second kappa shape index (κ2) is 3.49. The maximum atomic E-state index is 11.8. The van der Waals surface area contributed by atoms with Crippen LogP contribution in [0.1, 0.15) is 21.8 Å². The van der Waals surface area contributed by atoms with Crippen LogP contribution >= 0.6 is 0 Å². The lowest BCUT2D eigenvalue weighted by atomic mass is 9.87. The normalized spacial score (nSPS) is 27.9. The second-order valence-corrected chi connectivity index (χ2v) is 4.51. The van der Waals surface area contributed by atoms with E-state index in [9.17, 15) is 9.90 Å².